The van der Waals surface area contributed by atoms with Crippen LogP contribution >= 0.6 is 0 Å². The van der Waals surface area contributed by atoms with E-state index in [-0.39, 0.29) is 23.7 Å². The van der Waals surface area contributed by atoms with Crippen LogP contribution in [0.15, 0.2) is 24.3 Å². The molecule has 0 bridgehead atoms. The minimum Gasteiger partial charge on any atom is -0.379 e. The van der Waals surface area contributed by atoms with Gasteiger partial charge in [0, 0.05) is 19.1 Å². The van der Waals surface area contributed by atoms with Crippen LogP contribution < -0.4 is 5.32 Å². The van der Waals surface area contributed by atoms with Gasteiger partial charge in [-0.15, -0.1) is 0 Å². The first-order valence-corrected chi connectivity index (χ1v) is 8.83. The zero-order valence-corrected chi connectivity index (χ0v) is 15.1. The van der Waals surface area contributed by atoms with Gasteiger partial charge >= 0.3 is 0 Å². The molecule has 134 valence electrons. The number of ketones is 1. The Hall–Kier alpha value is -2.19. The standard InChI is InChI=1S/C20H26N2O3/c1-13(2)25-9-5-8-22-20(24)18(12-21)19(23)17-11-16(17)15-7-4-6-14(3)10-15/h4,6-7,10,13,16-18H,5,8-9,11H2,1-3H3,(H,22,24)/t16-,17-,18-/m0/s1. The summed E-state index contributed by atoms with van der Waals surface area (Å²) in [6, 6.07) is 9.92. The fourth-order valence-electron chi connectivity index (χ4n) is 2.95. The molecule has 1 aromatic rings. The second kappa shape index (κ2) is 8.77. The van der Waals surface area contributed by atoms with Gasteiger partial charge < -0.3 is 10.1 Å². The Labute approximate surface area is 149 Å². The summed E-state index contributed by atoms with van der Waals surface area (Å²) >= 11 is 0. The van der Waals surface area contributed by atoms with Crippen molar-refractivity contribution in [3.63, 3.8) is 0 Å². The summed E-state index contributed by atoms with van der Waals surface area (Å²) in [5, 5.41) is 11.9. The van der Waals surface area contributed by atoms with E-state index in [1.54, 1.807) is 0 Å². The van der Waals surface area contributed by atoms with Crippen LogP contribution in [0.1, 0.15) is 43.7 Å². The first-order chi connectivity index (χ1) is 11.9. The SMILES string of the molecule is Cc1cccc([C@@H]2C[C@@H]2C(=O)[C@H](C#N)C(=O)NCCCOC(C)C)c1. The molecule has 0 radical (unpaired) electrons. The van der Waals surface area contributed by atoms with Gasteiger partial charge in [0.15, 0.2) is 11.7 Å². The lowest BCUT2D eigenvalue weighted by Gasteiger charge is -2.11. The molecule has 0 saturated heterocycles. The second-order valence-corrected chi connectivity index (χ2v) is 6.89. The molecule has 1 aliphatic rings. The molecule has 1 N–H and O–H groups in total. The van der Waals surface area contributed by atoms with Crippen LogP contribution in [0.5, 0.6) is 0 Å². The van der Waals surface area contributed by atoms with E-state index in [1.165, 1.54) is 0 Å². The minimum absolute atomic E-state index is 0.135. The maximum atomic E-state index is 12.5. The largest absolute Gasteiger partial charge is 0.379 e. The van der Waals surface area contributed by atoms with Gasteiger partial charge in [0.25, 0.3) is 0 Å². The number of hydrogen-bond acceptors (Lipinski definition) is 4. The van der Waals surface area contributed by atoms with E-state index in [4.69, 9.17) is 4.74 Å². The van der Waals surface area contributed by atoms with E-state index in [0.717, 1.165) is 17.5 Å². The quantitative estimate of drug-likeness (QED) is 0.553. The number of carbonyl (C=O) groups excluding carboxylic acids is 2. The van der Waals surface area contributed by atoms with Crippen molar-refractivity contribution < 1.29 is 14.3 Å². The topological polar surface area (TPSA) is 79.2 Å². The van der Waals surface area contributed by atoms with Crippen LogP contribution in [0.3, 0.4) is 0 Å². The van der Waals surface area contributed by atoms with Crippen LogP contribution in [-0.4, -0.2) is 30.9 Å². The number of carbonyl (C=O) groups is 2. The lowest BCUT2D eigenvalue weighted by Crippen LogP contribution is -2.36. The number of benzene rings is 1. The molecule has 1 fully saturated rings. The van der Waals surface area contributed by atoms with Crippen LogP contribution in [0.4, 0.5) is 0 Å². The normalized spacial score (nSPS) is 20.0. The van der Waals surface area contributed by atoms with Crippen LogP contribution in [-0.2, 0) is 14.3 Å². The highest BCUT2D eigenvalue weighted by molar-refractivity contribution is 6.06. The predicted molar refractivity (Wildman–Crippen MR) is 94.9 cm³/mol. The first-order valence-electron chi connectivity index (χ1n) is 8.83. The van der Waals surface area contributed by atoms with Gasteiger partial charge in [0.1, 0.15) is 0 Å². The van der Waals surface area contributed by atoms with Crippen LogP contribution in [0, 0.1) is 30.1 Å². The third-order valence-electron chi connectivity index (χ3n) is 4.37. The number of aryl methyl sites for hydroxylation is 1. The monoisotopic (exact) mass is 342 g/mol. The molecule has 0 aromatic heterocycles. The van der Waals surface area contributed by atoms with Gasteiger partial charge in [-0.1, -0.05) is 29.8 Å². The average Bonchev–Trinajstić information content (AvgIpc) is 3.35. The Balaban J connectivity index is 1.83. The predicted octanol–water partition coefficient (Wildman–Crippen LogP) is 2.74. The number of amides is 1. The van der Waals surface area contributed by atoms with Crippen molar-refractivity contribution in [1.82, 2.24) is 5.32 Å². The van der Waals surface area contributed by atoms with Crippen molar-refractivity contribution in [3.05, 3.63) is 35.4 Å². The van der Waals surface area contributed by atoms with E-state index in [1.807, 2.05) is 45.0 Å². The fourth-order valence-corrected chi connectivity index (χ4v) is 2.95. The summed E-state index contributed by atoms with van der Waals surface area (Å²) in [5.74, 6) is -2.06. The lowest BCUT2D eigenvalue weighted by molar-refractivity contribution is -0.132. The molecule has 0 spiro atoms. The molecule has 1 saturated carbocycles. The molecule has 25 heavy (non-hydrogen) atoms. The second-order valence-electron chi connectivity index (χ2n) is 6.89. The van der Waals surface area contributed by atoms with E-state index in [0.29, 0.717) is 19.6 Å². The number of Topliss-reactive ketones (excluding diaryl/α,β-unsaturated/α-hetero) is 1. The zero-order chi connectivity index (χ0) is 18.4. The molecule has 1 amide bonds. The van der Waals surface area contributed by atoms with Crippen molar-refractivity contribution in [2.45, 2.75) is 45.6 Å². The average molecular weight is 342 g/mol. The molecule has 2 rings (SSSR count). The summed E-state index contributed by atoms with van der Waals surface area (Å²) in [5.41, 5.74) is 2.26. The number of nitrogens with one attached hydrogen (secondary N) is 1. The highest BCUT2D eigenvalue weighted by atomic mass is 16.5. The van der Waals surface area contributed by atoms with E-state index >= 15 is 0 Å². The molecule has 5 heteroatoms. The molecule has 1 aliphatic carbocycles. The lowest BCUT2D eigenvalue weighted by atomic mass is 9.97. The minimum atomic E-state index is -1.22. The number of nitrogens with zero attached hydrogens (tertiary/aromatic N) is 1. The molecular weight excluding hydrogens is 316 g/mol. The van der Waals surface area contributed by atoms with E-state index in [2.05, 4.69) is 11.4 Å². The van der Waals surface area contributed by atoms with E-state index in [9.17, 15) is 14.9 Å². The Bertz CT molecular complexity index is 663. The number of hydrogen-bond donors (Lipinski definition) is 1. The Kier molecular flexibility index (Phi) is 6.72. The summed E-state index contributed by atoms with van der Waals surface area (Å²) in [4.78, 5) is 24.7. The Morgan fingerprint density at radius 1 is 1.40 bits per heavy atom. The van der Waals surface area contributed by atoms with Gasteiger partial charge in [-0.2, -0.15) is 5.26 Å². The van der Waals surface area contributed by atoms with Crippen LogP contribution in [0.2, 0.25) is 0 Å². The Morgan fingerprint density at radius 3 is 2.80 bits per heavy atom. The molecule has 5 nitrogen and oxygen atoms in total. The highest BCUT2D eigenvalue weighted by Crippen LogP contribution is 2.49. The number of rotatable bonds is 9. The maximum absolute atomic E-state index is 12.5. The fraction of sp³-hybridized carbons (Fsp3) is 0.550. The molecule has 3 atom stereocenters. The van der Waals surface area contributed by atoms with E-state index < -0.39 is 11.8 Å². The zero-order valence-electron chi connectivity index (χ0n) is 15.1. The van der Waals surface area contributed by atoms with Gasteiger partial charge in [-0.25, -0.2) is 0 Å². The number of ether oxygens (including phenoxy) is 1. The van der Waals surface area contributed by atoms with Gasteiger partial charge in [-0.3, -0.25) is 9.59 Å². The van der Waals surface area contributed by atoms with Crippen molar-refractivity contribution in [3.8, 4) is 6.07 Å². The third-order valence-corrected chi connectivity index (χ3v) is 4.37. The van der Waals surface area contributed by atoms with Gasteiger partial charge in [-0.05, 0) is 45.1 Å². The third kappa shape index (κ3) is 5.40. The summed E-state index contributed by atoms with van der Waals surface area (Å²) < 4.78 is 5.40. The van der Waals surface area contributed by atoms with Crippen molar-refractivity contribution >= 4 is 11.7 Å². The Morgan fingerprint density at radius 2 is 2.16 bits per heavy atom. The van der Waals surface area contributed by atoms with Crippen molar-refractivity contribution in [2.75, 3.05) is 13.2 Å². The molecule has 0 heterocycles. The summed E-state index contributed by atoms with van der Waals surface area (Å²) in [7, 11) is 0. The number of nitriles is 1. The summed E-state index contributed by atoms with van der Waals surface area (Å²) in [6.07, 6.45) is 1.53. The van der Waals surface area contributed by atoms with Gasteiger partial charge in [0.05, 0.1) is 12.2 Å². The summed E-state index contributed by atoms with van der Waals surface area (Å²) in [6.45, 7) is 6.86. The molecule has 0 unspecified atom stereocenters. The molecule has 0 aliphatic heterocycles. The highest BCUT2D eigenvalue weighted by Gasteiger charge is 2.47. The van der Waals surface area contributed by atoms with Gasteiger partial charge in [0.2, 0.25) is 5.91 Å². The first kappa shape index (κ1) is 19.1. The molecular formula is C20H26N2O3. The smallest absolute Gasteiger partial charge is 0.245 e. The molecule has 1 aromatic carbocycles. The maximum Gasteiger partial charge on any atom is 0.245 e. The van der Waals surface area contributed by atoms with Crippen molar-refractivity contribution in [2.24, 2.45) is 11.8 Å². The van der Waals surface area contributed by atoms with Crippen LogP contribution in [0.25, 0.3) is 0 Å². The van der Waals surface area contributed by atoms with Crippen molar-refractivity contribution in [1.29, 1.82) is 5.26 Å².